The first-order valence-corrected chi connectivity index (χ1v) is 15.9. The Hall–Kier alpha value is -2.19. The van der Waals surface area contributed by atoms with Crippen LogP contribution in [-0.2, 0) is 20.7 Å². The van der Waals surface area contributed by atoms with Gasteiger partial charge in [0, 0.05) is 6.61 Å². The van der Waals surface area contributed by atoms with Gasteiger partial charge < -0.3 is 4.74 Å². The standard InChI is InChI=1S/C22H22FNO4.CHO.In/c1-15-12-16(4-2-10-25)6-9-21(15)24-22(26)19-8-7-17(13-20(19)23)28-14-18-5-3-11-27-18;1-2;/h2,6-10,13,18H,3-5,11,14H2,1H3,(H,24,26);1H;/t18-;;/m0../s1. The van der Waals surface area contributed by atoms with Crippen molar-refractivity contribution < 1.29 is 28.2 Å². The van der Waals surface area contributed by atoms with Crippen LogP contribution in [0, 0.1) is 12.7 Å². The Morgan fingerprint density at radius 2 is 2.16 bits per heavy atom. The second kappa shape index (κ2) is 9.53. The number of carbonyl (C=O) groups is 3. The summed E-state index contributed by atoms with van der Waals surface area (Å²) in [5.41, 5.74) is 2.27. The molecule has 1 N–H and O–H groups in total. The molecule has 2 aliphatic heterocycles. The van der Waals surface area contributed by atoms with Crippen LogP contribution < -0.4 is 13.4 Å². The Labute approximate surface area is 187 Å². The first-order chi connectivity index (χ1) is 15.0. The van der Waals surface area contributed by atoms with Crippen molar-refractivity contribution in [3.05, 3.63) is 52.8 Å². The summed E-state index contributed by atoms with van der Waals surface area (Å²) in [5.74, 6) is -0.901. The zero-order chi connectivity index (χ0) is 22.0. The van der Waals surface area contributed by atoms with Crippen LogP contribution in [0.15, 0.2) is 30.3 Å². The quantitative estimate of drug-likeness (QED) is 0.561. The van der Waals surface area contributed by atoms with E-state index < -0.39 is 33.2 Å². The number of anilines is 1. The molecule has 0 spiro atoms. The predicted molar refractivity (Wildman–Crippen MR) is 116 cm³/mol. The molecule has 8 heteroatoms. The summed E-state index contributed by atoms with van der Waals surface area (Å²) >= 11 is -2.90. The molecule has 2 aromatic rings. The number of amides is 1. The van der Waals surface area contributed by atoms with Crippen molar-refractivity contribution in [2.75, 3.05) is 18.5 Å². The van der Waals surface area contributed by atoms with Gasteiger partial charge in [-0.2, -0.15) is 0 Å². The number of halogens is 1. The van der Waals surface area contributed by atoms with Crippen molar-refractivity contribution in [1.29, 1.82) is 0 Å². The van der Waals surface area contributed by atoms with Crippen LogP contribution in [0.3, 0.4) is 0 Å². The Morgan fingerprint density at radius 1 is 1.32 bits per heavy atom. The third-order valence-electron chi connectivity index (χ3n) is 6.07. The van der Waals surface area contributed by atoms with E-state index >= 15 is 0 Å². The minimum absolute atomic E-state index is 0.0215. The molecule has 1 saturated heterocycles. The Balaban J connectivity index is 1.48. The van der Waals surface area contributed by atoms with E-state index in [1.807, 2.05) is 13.0 Å². The summed E-state index contributed by atoms with van der Waals surface area (Å²) < 4.78 is 27.4. The van der Waals surface area contributed by atoms with Crippen molar-refractivity contribution in [2.45, 2.75) is 36.0 Å². The average Bonchev–Trinajstić information content (AvgIpc) is 3.41. The predicted octanol–water partition coefficient (Wildman–Crippen LogP) is 2.54. The first-order valence-electron chi connectivity index (χ1n) is 10.4. The number of hydrogen-bond donors (Lipinski definition) is 1. The molecule has 0 aliphatic carbocycles. The van der Waals surface area contributed by atoms with Gasteiger partial charge in [0.25, 0.3) is 0 Å². The van der Waals surface area contributed by atoms with Gasteiger partial charge in [-0.25, -0.2) is 0 Å². The molecule has 1 fully saturated rings. The number of hydrogen-bond acceptors (Lipinski definition) is 5. The molecule has 1 unspecified atom stereocenters. The topological polar surface area (TPSA) is 81.7 Å². The number of ether oxygens (including phenoxy) is 2. The molecule has 1 amide bonds. The number of benzene rings is 2. The second-order valence-corrected chi connectivity index (χ2v) is 15.9. The van der Waals surface area contributed by atoms with E-state index in [9.17, 15) is 18.8 Å². The number of carbonyl (C=O) groups excluding carboxylic acids is 3. The summed E-state index contributed by atoms with van der Waals surface area (Å²) in [4.78, 5) is 35.7. The number of aldehydes is 1. The Kier molecular flexibility index (Phi) is 6.77. The van der Waals surface area contributed by atoms with E-state index in [4.69, 9.17) is 9.47 Å². The van der Waals surface area contributed by atoms with E-state index in [0.29, 0.717) is 24.5 Å². The third kappa shape index (κ3) is 4.55. The van der Waals surface area contributed by atoms with Crippen LogP contribution in [0.2, 0.25) is 3.67 Å². The van der Waals surface area contributed by atoms with Gasteiger partial charge in [0.05, 0.1) is 0 Å². The molecule has 2 heterocycles. The van der Waals surface area contributed by atoms with Crippen molar-refractivity contribution in [1.82, 2.24) is 0 Å². The molecule has 0 aromatic heterocycles. The fourth-order valence-electron chi connectivity index (χ4n) is 4.38. The fraction of sp³-hybridized carbons (Fsp3) is 0.348. The summed E-state index contributed by atoms with van der Waals surface area (Å²) in [6.45, 7) is 2.91. The number of rotatable bonds is 7. The average molecular weight is 527 g/mol. The molecule has 0 radical (unpaired) electrons. The number of nitrogens with one attached hydrogen (secondary N) is 1. The van der Waals surface area contributed by atoms with Gasteiger partial charge in [-0.05, 0) is 12.8 Å². The van der Waals surface area contributed by atoms with Gasteiger partial charge in [0.2, 0.25) is 0 Å². The summed E-state index contributed by atoms with van der Waals surface area (Å²) in [7, 11) is 0. The molecule has 2 aliphatic rings. The second-order valence-electron chi connectivity index (χ2n) is 8.02. The Bertz CT molecular complexity index is 1020. The van der Waals surface area contributed by atoms with E-state index in [2.05, 4.69) is 5.32 Å². The van der Waals surface area contributed by atoms with Gasteiger partial charge in [-0.3, -0.25) is 0 Å². The van der Waals surface area contributed by atoms with Gasteiger partial charge in [0.15, 0.2) is 0 Å². The van der Waals surface area contributed by atoms with E-state index in [0.717, 1.165) is 44.2 Å². The Morgan fingerprint density at radius 3 is 2.84 bits per heavy atom. The fourth-order valence-corrected chi connectivity index (χ4v) is 12.2. The minimum atomic E-state index is -2.90. The summed E-state index contributed by atoms with van der Waals surface area (Å²) in [6.07, 6.45) is 3.43. The van der Waals surface area contributed by atoms with E-state index in [-0.39, 0.29) is 15.3 Å². The zero-order valence-electron chi connectivity index (χ0n) is 17.2. The molecular weight excluding hydrogens is 504 g/mol. The van der Waals surface area contributed by atoms with Gasteiger partial charge >= 0.3 is 164 Å². The van der Waals surface area contributed by atoms with Crippen LogP contribution >= 0.6 is 0 Å². The normalized spacial score (nSPS) is 19.7. The van der Waals surface area contributed by atoms with E-state index in [1.54, 1.807) is 12.1 Å². The van der Waals surface area contributed by atoms with Crippen LogP contribution in [0.4, 0.5) is 10.1 Å². The first kappa shape index (κ1) is 22.0. The molecule has 4 rings (SSSR count). The molecule has 160 valence electrons. The van der Waals surface area contributed by atoms with Crippen molar-refractivity contribution in [3.8, 4) is 5.75 Å². The molecule has 31 heavy (non-hydrogen) atoms. The zero-order valence-corrected chi connectivity index (χ0v) is 20.5. The van der Waals surface area contributed by atoms with Crippen LogP contribution in [0.25, 0.3) is 0 Å². The third-order valence-corrected chi connectivity index (χ3v) is 14.9. The molecule has 0 saturated carbocycles. The van der Waals surface area contributed by atoms with Crippen LogP contribution in [0.1, 0.15) is 34.3 Å². The number of fused-ring (bicyclic) bond motifs is 1. The van der Waals surface area contributed by atoms with Gasteiger partial charge in [-0.15, -0.1) is 0 Å². The monoisotopic (exact) mass is 527 g/mol. The maximum absolute atomic E-state index is 14.6. The van der Waals surface area contributed by atoms with Gasteiger partial charge in [0.1, 0.15) is 0 Å². The van der Waals surface area contributed by atoms with Crippen molar-refractivity contribution >= 4 is 46.7 Å². The molecule has 6 nitrogen and oxygen atoms in total. The van der Waals surface area contributed by atoms with Gasteiger partial charge in [-0.1, -0.05) is 0 Å². The van der Waals surface area contributed by atoms with Crippen LogP contribution in [-0.4, -0.2) is 57.0 Å². The van der Waals surface area contributed by atoms with Crippen molar-refractivity contribution in [3.63, 3.8) is 0 Å². The maximum atomic E-state index is 14.6. The molecule has 2 aromatic carbocycles. The molecule has 0 bridgehead atoms. The molecular formula is C23H23FInNO5. The summed E-state index contributed by atoms with van der Waals surface area (Å²) in [6, 6.07) is 7.77. The molecule has 2 atom stereocenters. The van der Waals surface area contributed by atoms with E-state index in [1.165, 1.54) is 12.1 Å². The summed E-state index contributed by atoms with van der Waals surface area (Å²) in [5, 5.41) is 2.76. The van der Waals surface area contributed by atoms with Crippen LogP contribution in [0.5, 0.6) is 5.75 Å². The SMILES string of the molecule is Cc1c(NC(=O)c2ccc(OC[C@@H]3CCCO3)cc2F)ccc2[c]1[In]([CH]=O)[CH](C=O)C2. The van der Waals surface area contributed by atoms with Crippen molar-refractivity contribution in [2.24, 2.45) is 0 Å².